The van der Waals surface area contributed by atoms with Gasteiger partial charge in [-0.05, 0) is 49.4 Å². The molecule has 2 aliphatic heterocycles. The van der Waals surface area contributed by atoms with E-state index in [1.807, 2.05) is 48.7 Å². The number of piperidine rings is 1. The zero-order valence-corrected chi connectivity index (χ0v) is 16.6. The van der Waals surface area contributed by atoms with E-state index < -0.39 is 0 Å². The number of para-hydroxylation sites is 1. The van der Waals surface area contributed by atoms with Gasteiger partial charge in [0.1, 0.15) is 0 Å². The SMILES string of the molecule is CCC1CCCCN1C(=O)c1c(-c2ccc3c(c2)OCO3)cnc2ccccc12. The second-order valence-corrected chi connectivity index (χ2v) is 7.69. The second-order valence-electron chi connectivity index (χ2n) is 7.69. The molecule has 1 atom stereocenters. The Kier molecular flexibility index (Phi) is 4.58. The number of hydrogen-bond donors (Lipinski definition) is 0. The fraction of sp³-hybridized carbons (Fsp3) is 0.333. The Morgan fingerprint density at radius 3 is 2.90 bits per heavy atom. The molecule has 3 aromatic rings. The average Bonchev–Trinajstić information content (AvgIpc) is 3.25. The number of carbonyl (C=O) groups is 1. The van der Waals surface area contributed by atoms with Gasteiger partial charge in [0.05, 0.1) is 11.1 Å². The van der Waals surface area contributed by atoms with E-state index >= 15 is 0 Å². The summed E-state index contributed by atoms with van der Waals surface area (Å²) in [7, 11) is 0. The summed E-state index contributed by atoms with van der Waals surface area (Å²) < 4.78 is 11.0. The monoisotopic (exact) mass is 388 g/mol. The first-order chi connectivity index (χ1) is 14.3. The van der Waals surface area contributed by atoms with Gasteiger partial charge in [-0.2, -0.15) is 0 Å². The molecule has 1 aromatic heterocycles. The molecule has 0 aliphatic carbocycles. The van der Waals surface area contributed by atoms with Crippen LogP contribution in [-0.2, 0) is 0 Å². The van der Waals surface area contributed by atoms with Gasteiger partial charge >= 0.3 is 0 Å². The van der Waals surface area contributed by atoms with Crippen LogP contribution in [-0.4, -0.2) is 35.2 Å². The fourth-order valence-corrected chi connectivity index (χ4v) is 4.49. The lowest BCUT2D eigenvalue weighted by Crippen LogP contribution is -2.43. The Labute approximate surface area is 170 Å². The number of aromatic nitrogens is 1. The number of hydrogen-bond acceptors (Lipinski definition) is 4. The molecule has 1 unspecified atom stereocenters. The number of fused-ring (bicyclic) bond motifs is 2. The number of amides is 1. The summed E-state index contributed by atoms with van der Waals surface area (Å²) in [5.74, 6) is 1.54. The summed E-state index contributed by atoms with van der Waals surface area (Å²) in [6.07, 6.45) is 6.12. The van der Waals surface area contributed by atoms with Gasteiger partial charge in [0, 0.05) is 29.7 Å². The lowest BCUT2D eigenvalue weighted by Gasteiger charge is -2.36. The molecule has 5 nitrogen and oxygen atoms in total. The van der Waals surface area contributed by atoms with Crippen LogP contribution in [0.4, 0.5) is 0 Å². The van der Waals surface area contributed by atoms with E-state index in [0.29, 0.717) is 11.8 Å². The first-order valence-electron chi connectivity index (χ1n) is 10.3. The Morgan fingerprint density at radius 2 is 2.00 bits per heavy atom. The number of benzene rings is 2. The normalized spacial score (nSPS) is 18.2. The molecule has 0 N–H and O–H groups in total. The Morgan fingerprint density at radius 1 is 1.14 bits per heavy atom. The molecule has 5 heteroatoms. The number of pyridine rings is 1. The average molecular weight is 388 g/mol. The van der Waals surface area contributed by atoms with Crippen LogP contribution in [0.2, 0.25) is 0 Å². The zero-order valence-electron chi connectivity index (χ0n) is 16.6. The van der Waals surface area contributed by atoms with Crippen molar-refractivity contribution in [3.8, 4) is 22.6 Å². The highest BCUT2D eigenvalue weighted by Crippen LogP contribution is 2.38. The number of carbonyl (C=O) groups excluding carboxylic acids is 1. The minimum atomic E-state index is 0.0998. The van der Waals surface area contributed by atoms with Crippen LogP contribution in [0.3, 0.4) is 0 Å². The second kappa shape index (κ2) is 7.39. The largest absolute Gasteiger partial charge is 0.454 e. The molecule has 0 spiro atoms. The molecule has 148 valence electrons. The predicted molar refractivity (Wildman–Crippen MR) is 112 cm³/mol. The molecule has 1 amide bonds. The maximum absolute atomic E-state index is 13.9. The van der Waals surface area contributed by atoms with Gasteiger partial charge in [0.2, 0.25) is 6.79 Å². The van der Waals surface area contributed by atoms with E-state index in [4.69, 9.17) is 9.47 Å². The molecular weight excluding hydrogens is 364 g/mol. The van der Waals surface area contributed by atoms with Gasteiger partial charge in [-0.15, -0.1) is 0 Å². The quantitative estimate of drug-likeness (QED) is 0.631. The van der Waals surface area contributed by atoms with Crippen molar-refractivity contribution in [2.75, 3.05) is 13.3 Å². The molecule has 2 aliphatic rings. The van der Waals surface area contributed by atoms with Crippen molar-refractivity contribution in [1.82, 2.24) is 9.88 Å². The highest BCUT2D eigenvalue weighted by atomic mass is 16.7. The van der Waals surface area contributed by atoms with Crippen molar-refractivity contribution in [1.29, 1.82) is 0 Å². The molecule has 1 saturated heterocycles. The smallest absolute Gasteiger partial charge is 0.255 e. The minimum Gasteiger partial charge on any atom is -0.454 e. The summed E-state index contributed by atoms with van der Waals surface area (Å²) in [5, 5.41) is 0.896. The summed E-state index contributed by atoms with van der Waals surface area (Å²) >= 11 is 0. The lowest BCUT2D eigenvalue weighted by molar-refractivity contribution is 0.0611. The van der Waals surface area contributed by atoms with Gasteiger partial charge < -0.3 is 14.4 Å². The Bertz CT molecular complexity index is 1080. The van der Waals surface area contributed by atoms with E-state index in [0.717, 1.165) is 59.2 Å². The third-order valence-electron chi connectivity index (χ3n) is 6.03. The molecule has 0 saturated carbocycles. The summed E-state index contributed by atoms with van der Waals surface area (Å²) in [6.45, 7) is 3.21. The van der Waals surface area contributed by atoms with Gasteiger partial charge in [-0.1, -0.05) is 31.2 Å². The highest BCUT2D eigenvalue weighted by molar-refractivity contribution is 6.11. The standard InChI is InChI=1S/C24H24N2O3/c1-2-17-7-5-6-12-26(17)24(27)23-18-8-3-4-9-20(18)25-14-19(23)16-10-11-21-22(13-16)29-15-28-21/h3-4,8-11,13-14,17H,2,5-7,12,15H2,1H3. The molecular formula is C24H24N2O3. The molecule has 29 heavy (non-hydrogen) atoms. The first-order valence-corrected chi connectivity index (χ1v) is 10.3. The van der Waals surface area contributed by atoms with Crippen LogP contribution in [0.15, 0.2) is 48.7 Å². The van der Waals surface area contributed by atoms with Crippen molar-refractivity contribution in [2.45, 2.75) is 38.6 Å². The molecule has 1 fully saturated rings. The van der Waals surface area contributed by atoms with Gasteiger partial charge in [-0.3, -0.25) is 9.78 Å². The molecule has 5 rings (SSSR count). The van der Waals surface area contributed by atoms with Crippen LogP contribution in [0.5, 0.6) is 11.5 Å². The predicted octanol–water partition coefficient (Wildman–Crippen LogP) is 5.04. The van der Waals surface area contributed by atoms with Gasteiger partial charge in [-0.25, -0.2) is 0 Å². The maximum atomic E-state index is 13.9. The third-order valence-corrected chi connectivity index (χ3v) is 6.03. The topological polar surface area (TPSA) is 51.7 Å². The zero-order chi connectivity index (χ0) is 19.8. The molecule has 2 aromatic carbocycles. The van der Waals surface area contributed by atoms with Crippen LogP contribution in [0.1, 0.15) is 43.0 Å². The highest BCUT2D eigenvalue weighted by Gasteiger charge is 2.29. The van der Waals surface area contributed by atoms with Crippen molar-refractivity contribution in [3.63, 3.8) is 0 Å². The molecule has 0 bridgehead atoms. The lowest BCUT2D eigenvalue weighted by atomic mass is 9.93. The Balaban J connectivity index is 1.68. The molecule has 3 heterocycles. The minimum absolute atomic E-state index is 0.0998. The Hall–Kier alpha value is -3.08. The van der Waals surface area contributed by atoms with Crippen LogP contribution in [0.25, 0.3) is 22.0 Å². The molecule has 0 radical (unpaired) electrons. The third kappa shape index (κ3) is 3.11. The number of likely N-dealkylation sites (tertiary alicyclic amines) is 1. The van der Waals surface area contributed by atoms with Crippen LogP contribution < -0.4 is 9.47 Å². The van der Waals surface area contributed by atoms with E-state index in [9.17, 15) is 4.79 Å². The summed E-state index contributed by atoms with van der Waals surface area (Å²) in [6, 6.07) is 14.0. The number of rotatable bonds is 3. The van der Waals surface area contributed by atoms with E-state index in [2.05, 4.69) is 16.8 Å². The van der Waals surface area contributed by atoms with Crippen molar-refractivity contribution >= 4 is 16.8 Å². The van der Waals surface area contributed by atoms with Gasteiger partial charge in [0.15, 0.2) is 11.5 Å². The van der Waals surface area contributed by atoms with Gasteiger partial charge in [0.25, 0.3) is 5.91 Å². The summed E-state index contributed by atoms with van der Waals surface area (Å²) in [4.78, 5) is 20.6. The van der Waals surface area contributed by atoms with E-state index in [1.54, 1.807) is 0 Å². The number of nitrogens with zero attached hydrogens (tertiary/aromatic N) is 2. The number of ether oxygens (including phenoxy) is 2. The van der Waals surface area contributed by atoms with Crippen LogP contribution in [0, 0.1) is 0 Å². The van der Waals surface area contributed by atoms with E-state index in [-0.39, 0.29) is 12.7 Å². The van der Waals surface area contributed by atoms with Crippen molar-refractivity contribution < 1.29 is 14.3 Å². The van der Waals surface area contributed by atoms with Crippen molar-refractivity contribution in [2.24, 2.45) is 0 Å². The fourth-order valence-electron chi connectivity index (χ4n) is 4.49. The van der Waals surface area contributed by atoms with Crippen molar-refractivity contribution in [3.05, 3.63) is 54.2 Å². The van der Waals surface area contributed by atoms with E-state index in [1.165, 1.54) is 6.42 Å². The maximum Gasteiger partial charge on any atom is 0.255 e. The first kappa shape index (κ1) is 18.0. The summed E-state index contributed by atoms with van der Waals surface area (Å²) in [5.41, 5.74) is 3.33. The van der Waals surface area contributed by atoms with Crippen LogP contribution >= 0.6 is 0 Å².